The monoisotopic (exact) mass is 461 g/mol. The molecule has 0 bridgehead atoms. The molecule has 0 saturated heterocycles. The topological polar surface area (TPSA) is 113 Å². The SMILES string of the molecule is CC(=O)O[C@H](c1ccccc1)C(C(=O)c1ccc([N+](=O)[O-])cc1)[C@@H](OC(C)=O)c1ccccc1. The number of non-ortho nitro benzene ring substituents is 1. The molecule has 0 aliphatic heterocycles. The number of benzene rings is 3. The molecule has 8 nitrogen and oxygen atoms in total. The Kier molecular flexibility index (Phi) is 7.87. The van der Waals surface area contributed by atoms with E-state index in [4.69, 9.17) is 9.47 Å². The third-order valence-corrected chi connectivity index (χ3v) is 5.16. The average molecular weight is 461 g/mol. The van der Waals surface area contributed by atoms with Gasteiger partial charge in [0, 0.05) is 31.5 Å². The molecule has 0 spiro atoms. The number of esters is 2. The van der Waals surface area contributed by atoms with Gasteiger partial charge >= 0.3 is 11.9 Å². The minimum atomic E-state index is -1.17. The molecule has 0 amide bonds. The summed E-state index contributed by atoms with van der Waals surface area (Å²) < 4.78 is 11.3. The third kappa shape index (κ3) is 5.92. The summed E-state index contributed by atoms with van der Waals surface area (Å²) in [5, 5.41) is 11.1. The summed E-state index contributed by atoms with van der Waals surface area (Å²) in [4.78, 5) is 48.5. The molecule has 0 saturated carbocycles. The van der Waals surface area contributed by atoms with E-state index in [9.17, 15) is 24.5 Å². The second-order valence-electron chi connectivity index (χ2n) is 7.58. The van der Waals surface area contributed by atoms with E-state index in [2.05, 4.69) is 0 Å². The van der Waals surface area contributed by atoms with Crippen molar-refractivity contribution in [1.82, 2.24) is 0 Å². The molecule has 0 aliphatic rings. The Labute approximate surface area is 196 Å². The van der Waals surface area contributed by atoms with Crippen LogP contribution in [0.5, 0.6) is 0 Å². The van der Waals surface area contributed by atoms with Crippen LogP contribution in [0.15, 0.2) is 84.9 Å². The molecule has 8 heteroatoms. The van der Waals surface area contributed by atoms with Crippen molar-refractivity contribution in [2.45, 2.75) is 26.1 Å². The molecule has 1 unspecified atom stereocenters. The van der Waals surface area contributed by atoms with Crippen molar-refractivity contribution >= 4 is 23.4 Å². The van der Waals surface area contributed by atoms with Crippen LogP contribution in [0.2, 0.25) is 0 Å². The number of nitro benzene ring substituents is 1. The number of ketones is 1. The van der Waals surface area contributed by atoms with Crippen LogP contribution in [0.25, 0.3) is 0 Å². The largest absolute Gasteiger partial charge is 0.457 e. The smallest absolute Gasteiger partial charge is 0.303 e. The highest BCUT2D eigenvalue weighted by atomic mass is 16.6. The lowest BCUT2D eigenvalue weighted by Crippen LogP contribution is -2.33. The standard InChI is InChI=1S/C26H23NO7/c1-17(28)33-25(20-9-5-3-6-10-20)23(24(30)19-13-15-22(16-14-19)27(31)32)26(34-18(2)29)21-11-7-4-8-12-21/h3-16,23,25-26H,1-2H3/t23?,25-,26+. The van der Waals surface area contributed by atoms with Gasteiger partial charge in [0.05, 0.1) is 4.92 Å². The maximum atomic E-state index is 13.9. The Bertz CT molecular complexity index is 1100. The normalized spacial score (nSPS) is 13.2. The molecule has 3 aromatic rings. The van der Waals surface area contributed by atoms with E-state index in [0.717, 1.165) is 0 Å². The minimum absolute atomic E-state index is 0.150. The predicted octanol–water partition coefficient (Wildman–Crippen LogP) is 5.00. The number of hydrogen-bond donors (Lipinski definition) is 0. The van der Waals surface area contributed by atoms with Gasteiger partial charge in [0.15, 0.2) is 5.78 Å². The van der Waals surface area contributed by atoms with Gasteiger partial charge in [0.25, 0.3) is 5.69 Å². The highest BCUT2D eigenvalue weighted by Gasteiger charge is 2.41. The van der Waals surface area contributed by atoms with Crippen molar-refractivity contribution in [3.63, 3.8) is 0 Å². The number of Topliss-reactive ketones (excluding diaryl/α,β-unsaturated/α-hetero) is 1. The van der Waals surface area contributed by atoms with Crippen molar-refractivity contribution in [1.29, 1.82) is 0 Å². The molecule has 3 atom stereocenters. The summed E-state index contributed by atoms with van der Waals surface area (Å²) in [6.07, 6.45) is -2.18. The van der Waals surface area contributed by atoms with Crippen molar-refractivity contribution in [2.24, 2.45) is 5.92 Å². The Balaban J connectivity index is 2.19. The van der Waals surface area contributed by atoms with Gasteiger partial charge < -0.3 is 9.47 Å². The van der Waals surface area contributed by atoms with Gasteiger partial charge in [0.2, 0.25) is 0 Å². The van der Waals surface area contributed by atoms with Gasteiger partial charge in [-0.05, 0) is 23.3 Å². The van der Waals surface area contributed by atoms with Gasteiger partial charge in [0.1, 0.15) is 18.1 Å². The zero-order valence-electron chi connectivity index (χ0n) is 18.6. The lowest BCUT2D eigenvalue weighted by atomic mass is 9.81. The molecule has 0 aliphatic carbocycles. The molecule has 174 valence electrons. The van der Waals surface area contributed by atoms with Gasteiger partial charge in [-0.15, -0.1) is 0 Å². The number of nitrogens with zero attached hydrogens (tertiary/aromatic N) is 1. The van der Waals surface area contributed by atoms with E-state index in [1.807, 2.05) is 0 Å². The Morgan fingerprint density at radius 1 is 0.706 bits per heavy atom. The maximum absolute atomic E-state index is 13.9. The fourth-order valence-electron chi connectivity index (χ4n) is 3.71. The molecule has 3 aromatic carbocycles. The van der Waals surface area contributed by atoms with E-state index in [0.29, 0.717) is 11.1 Å². The minimum Gasteiger partial charge on any atom is -0.457 e. The van der Waals surface area contributed by atoms with E-state index in [1.54, 1.807) is 60.7 Å². The zero-order valence-corrected chi connectivity index (χ0v) is 18.6. The Morgan fingerprint density at radius 3 is 1.47 bits per heavy atom. The number of nitro groups is 1. The summed E-state index contributed by atoms with van der Waals surface area (Å²) in [5.41, 5.74) is 1.04. The first-order valence-corrected chi connectivity index (χ1v) is 10.5. The molecule has 0 heterocycles. The quantitative estimate of drug-likeness (QED) is 0.191. The number of carbonyl (C=O) groups excluding carboxylic acids is 3. The summed E-state index contributed by atoms with van der Waals surface area (Å²) >= 11 is 0. The van der Waals surface area contributed by atoms with E-state index >= 15 is 0 Å². The van der Waals surface area contributed by atoms with Crippen LogP contribution in [-0.2, 0) is 19.1 Å². The van der Waals surface area contributed by atoms with Crippen molar-refractivity contribution < 1.29 is 28.8 Å². The highest BCUT2D eigenvalue weighted by molar-refractivity contribution is 5.99. The molecule has 34 heavy (non-hydrogen) atoms. The molecular formula is C26H23NO7. The first kappa shape index (κ1) is 24.3. The fraction of sp³-hybridized carbons (Fsp3) is 0.192. The van der Waals surface area contributed by atoms with Crippen LogP contribution in [0.4, 0.5) is 5.69 Å². The summed E-state index contributed by atoms with van der Waals surface area (Å²) in [6.45, 7) is 2.46. The summed E-state index contributed by atoms with van der Waals surface area (Å²) in [7, 11) is 0. The van der Waals surface area contributed by atoms with Crippen molar-refractivity contribution in [3.05, 3.63) is 112 Å². The summed E-state index contributed by atoms with van der Waals surface area (Å²) in [6, 6.07) is 22.4. The number of carbonyl (C=O) groups is 3. The first-order valence-electron chi connectivity index (χ1n) is 10.5. The second-order valence-corrected chi connectivity index (χ2v) is 7.58. The molecule has 0 radical (unpaired) electrons. The zero-order chi connectivity index (χ0) is 24.7. The molecule has 3 rings (SSSR count). The van der Waals surface area contributed by atoms with E-state index in [-0.39, 0.29) is 11.3 Å². The van der Waals surface area contributed by atoms with Crippen molar-refractivity contribution in [3.8, 4) is 0 Å². The molecule has 0 N–H and O–H groups in total. The van der Waals surface area contributed by atoms with Crippen LogP contribution in [0.3, 0.4) is 0 Å². The molecular weight excluding hydrogens is 438 g/mol. The lowest BCUT2D eigenvalue weighted by molar-refractivity contribution is -0.384. The fourth-order valence-corrected chi connectivity index (χ4v) is 3.71. The maximum Gasteiger partial charge on any atom is 0.303 e. The number of rotatable bonds is 9. The number of ether oxygens (including phenoxy) is 2. The van der Waals surface area contributed by atoms with E-state index in [1.165, 1.54) is 38.1 Å². The lowest BCUT2D eigenvalue weighted by Gasteiger charge is -2.32. The third-order valence-electron chi connectivity index (χ3n) is 5.16. The van der Waals surface area contributed by atoms with Gasteiger partial charge in [-0.25, -0.2) is 0 Å². The van der Waals surface area contributed by atoms with Crippen LogP contribution in [0.1, 0.15) is 47.5 Å². The molecule has 0 fully saturated rings. The number of hydrogen-bond acceptors (Lipinski definition) is 7. The van der Waals surface area contributed by atoms with Crippen molar-refractivity contribution in [2.75, 3.05) is 0 Å². The van der Waals surface area contributed by atoms with Crippen LogP contribution >= 0.6 is 0 Å². The predicted molar refractivity (Wildman–Crippen MR) is 123 cm³/mol. The first-order chi connectivity index (χ1) is 16.3. The molecule has 0 aromatic heterocycles. The van der Waals surface area contributed by atoms with Gasteiger partial charge in [-0.3, -0.25) is 24.5 Å². The van der Waals surface area contributed by atoms with Gasteiger partial charge in [-0.2, -0.15) is 0 Å². The highest BCUT2D eigenvalue weighted by Crippen LogP contribution is 2.40. The van der Waals surface area contributed by atoms with E-state index < -0.39 is 40.8 Å². The van der Waals surface area contributed by atoms with Crippen LogP contribution < -0.4 is 0 Å². The summed E-state index contributed by atoms with van der Waals surface area (Å²) in [5.74, 6) is -2.91. The average Bonchev–Trinajstić information content (AvgIpc) is 2.83. The van der Waals surface area contributed by atoms with Gasteiger partial charge in [-0.1, -0.05) is 60.7 Å². The second kappa shape index (κ2) is 11.0. The van der Waals surface area contributed by atoms with Crippen LogP contribution in [-0.4, -0.2) is 22.6 Å². The Morgan fingerprint density at radius 2 is 1.12 bits per heavy atom. The Hall–Kier alpha value is -4.33. The van der Waals surface area contributed by atoms with Crippen LogP contribution in [0, 0.1) is 16.0 Å².